The highest BCUT2D eigenvalue weighted by atomic mass is 32.2. The molecule has 0 aromatic heterocycles. The van der Waals surface area contributed by atoms with Crippen LogP contribution in [-0.4, -0.2) is 50.5 Å². The van der Waals surface area contributed by atoms with Gasteiger partial charge in [0.2, 0.25) is 5.44 Å². The highest BCUT2D eigenvalue weighted by Crippen LogP contribution is 2.42. The zero-order chi connectivity index (χ0) is 19.7. The minimum absolute atomic E-state index is 0.397. The molecule has 3 unspecified atom stereocenters. The van der Waals surface area contributed by atoms with Gasteiger partial charge in [0, 0.05) is 38.1 Å². The Morgan fingerprint density at radius 3 is 2.36 bits per heavy atom. The molecule has 2 aromatic rings. The molecule has 2 aromatic carbocycles. The zero-order valence-electron chi connectivity index (χ0n) is 16.3. The van der Waals surface area contributed by atoms with Crippen molar-refractivity contribution in [3.8, 4) is 5.75 Å². The Morgan fingerprint density at radius 2 is 1.64 bits per heavy atom. The number of sulfonamides is 1. The number of hydrogen-bond donors (Lipinski definition) is 1. The topological polar surface area (TPSA) is 61.9 Å². The largest absolute Gasteiger partial charge is 0.470 e. The van der Waals surface area contributed by atoms with Crippen LogP contribution >= 0.6 is 0 Å². The minimum atomic E-state index is -3.69. The SMILES string of the molecule is CC1CN(CCC2Oc3ccccc3N(c3ccccc3)S2(=O)=O)CC(C)N1. The van der Waals surface area contributed by atoms with Crippen LogP contribution in [0.4, 0.5) is 11.4 Å². The number of benzene rings is 2. The molecule has 0 bridgehead atoms. The molecule has 6 nitrogen and oxygen atoms in total. The van der Waals surface area contributed by atoms with Crippen molar-refractivity contribution in [3.05, 3.63) is 54.6 Å². The molecule has 150 valence electrons. The fourth-order valence-electron chi connectivity index (χ4n) is 4.15. The van der Waals surface area contributed by atoms with Crippen molar-refractivity contribution >= 4 is 21.4 Å². The van der Waals surface area contributed by atoms with E-state index in [-0.39, 0.29) is 0 Å². The Kier molecular flexibility index (Phi) is 5.31. The summed E-state index contributed by atoms with van der Waals surface area (Å²) in [5.41, 5.74) is 0.296. The van der Waals surface area contributed by atoms with E-state index < -0.39 is 15.5 Å². The predicted molar refractivity (Wildman–Crippen MR) is 111 cm³/mol. The van der Waals surface area contributed by atoms with Gasteiger partial charge >= 0.3 is 0 Å². The van der Waals surface area contributed by atoms with E-state index in [1.807, 2.05) is 48.5 Å². The van der Waals surface area contributed by atoms with Crippen LogP contribution in [0.1, 0.15) is 20.3 Å². The number of nitrogens with zero attached hydrogens (tertiary/aromatic N) is 2. The van der Waals surface area contributed by atoms with Crippen LogP contribution in [0.15, 0.2) is 54.6 Å². The fourth-order valence-corrected chi connectivity index (χ4v) is 5.85. The first-order chi connectivity index (χ1) is 13.4. The molecule has 0 amide bonds. The van der Waals surface area contributed by atoms with E-state index in [1.165, 1.54) is 4.31 Å². The molecular formula is C21H27N3O3S. The van der Waals surface area contributed by atoms with E-state index in [0.29, 0.717) is 42.2 Å². The van der Waals surface area contributed by atoms with Crippen LogP contribution in [0.3, 0.4) is 0 Å². The van der Waals surface area contributed by atoms with E-state index >= 15 is 0 Å². The summed E-state index contributed by atoms with van der Waals surface area (Å²) in [5, 5.41) is 3.51. The standard InChI is InChI=1S/C21H27N3O3S/c1-16-14-23(15-17(2)22-16)13-12-21-27-20-11-7-6-10-19(20)24(28(21,25)26)18-8-4-3-5-9-18/h3-11,16-17,21-22H,12-15H2,1-2H3. The predicted octanol–water partition coefficient (Wildman–Crippen LogP) is 2.95. The van der Waals surface area contributed by atoms with Gasteiger partial charge in [0.25, 0.3) is 10.0 Å². The molecule has 0 saturated carbocycles. The summed E-state index contributed by atoms with van der Waals surface area (Å²) in [6.07, 6.45) is 0.430. The molecule has 0 spiro atoms. The van der Waals surface area contributed by atoms with Crippen molar-refractivity contribution in [2.24, 2.45) is 0 Å². The fraction of sp³-hybridized carbons (Fsp3) is 0.429. The number of ether oxygens (including phenoxy) is 1. The summed E-state index contributed by atoms with van der Waals surface area (Å²) in [6.45, 7) is 6.82. The number of rotatable bonds is 4. The highest BCUT2D eigenvalue weighted by Gasteiger charge is 2.41. The van der Waals surface area contributed by atoms with Crippen molar-refractivity contribution in [2.75, 3.05) is 23.9 Å². The Bertz CT molecular complexity index is 910. The van der Waals surface area contributed by atoms with Gasteiger partial charge in [0.1, 0.15) is 5.75 Å². The van der Waals surface area contributed by atoms with Crippen molar-refractivity contribution in [1.82, 2.24) is 10.2 Å². The van der Waals surface area contributed by atoms with Crippen molar-refractivity contribution in [1.29, 1.82) is 0 Å². The maximum Gasteiger partial charge on any atom is 0.278 e. The van der Waals surface area contributed by atoms with E-state index in [2.05, 4.69) is 24.1 Å². The lowest BCUT2D eigenvalue weighted by Crippen LogP contribution is -2.55. The van der Waals surface area contributed by atoms with Gasteiger partial charge < -0.3 is 15.0 Å². The number of fused-ring (bicyclic) bond motifs is 1. The average molecular weight is 402 g/mol. The highest BCUT2D eigenvalue weighted by molar-refractivity contribution is 7.93. The van der Waals surface area contributed by atoms with Crippen LogP contribution in [-0.2, 0) is 10.0 Å². The molecule has 0 radical (unpaired) electrons. The third kappa shape index (κ3) is 3.74. The van der Waals surface area contributed by atoms with Crippen LogP contribution in [0.2, 0.25) is 0 Å². The molecule has 2 heterocycles. The molecule has 28 heavy (non-hydrogen) atoms. The van der Waals surface area contributed by atoms with Gasteiger partial charge in [0.15, 0.2) is 0 Å². The first kappa shape index (κ1) is 19.2. The van der Waals surface area contributed by atoms with E-state index in [1.54, 1.807) is 6.07 Å². The van der Waals surface area contributed by atoms with Crippen molar-refractivity contribution in [2.45, 2.75) is 37.8 Å². The quantitative estimate of drug-likeness (QED) is 0.854. The van der Waals surface area contributed by atoms with Crippen molar-refractivity contribution < 1.29 is 13.2 Å². The van der Waals surface area contributed by atoms with Gasteiger partial charge in [-0.1, -0.05) is 30.3 Å². The van der Waals surface area contributed by atoms with Crippen LogP contribution in [0, 0.1) is 0 Å². The van der Waals surface area contributed by atoms with E-state index in [4.69, 9.17) is 4.74 Å². The van der Waals surface area contributed by atoms with Gasteiger partial charge in [-0.05, 0) is 38.1 Å². The number of anilines is 2. The lowest BCUT2D eigenvalue weighted by atomic mass is 10.1. The lowest BCUT2D eigenvalue weighted by Gasteiger charge is -2.38. The van der Waals surface area contributed by atoms with Gasteiger partial charge in [-0.2, -0.15) is 0 Å². The van der Waals surface area contributed by atoms with Gasteiger partial charge in [-0.15, -0.1) is 0 Å². The van der Waals surface area contributed by atoms with Gasteiger partial charge in [-0.3, -0.25) is 0 Å². The van der Waals surface area contributed by atoms with Gasteiger partial charge in [-0.25, -0.2) is 12.7 Å². The monoisotopic (exact) mass is 401 g/mol. The lowest BCUT2D eigenvalue weighted by molar-refractivity contribution is 0.153. The smallest absolute Gasteiger partial charge is 0.278 e. The average Bonchev–Trinajstić information content (AvgIpc) is 2.66. The number of nitrogens with one attached hydrogen (secondary N) is 1. The maximum atomic E-state index is 13.4. The number of para-hydroxylation sites is 3. The Labute approximate surface area is 167 Å². The molecule has 7 heteroatoms. The van der Waals surface area contributed by atoms with E-state index in [9.17, 15) is 8.42 Å². The second kappa shape index (κ2) is 7.73. The second-order valence-corrected chi connectivity index (χ2v) is 9.60. The van der Waals surface area contributed by atoms with Crippen LogP contribution in [0.5, 0.6) is 5.75 Å². The summed E-state index contributed by atoms with van der Waals surface area (Å²) in [4.78, 5) is 2.32. The minimum Gasteiger partial charge on any atom is -0.470 e. The summed E-state index contributed by atoms with van der Waals surface area (Å²) in [5.74, 6) is 0.605. The Morgan fingerprint density at radius 1 is 1.00 bits per heavy atom. The molecule has 2 aliphatic rings. The summed E-state index contributed by atoms with van der Waals surface area (Å²) in [7, 11) is -3.69. The summed E-state index contributed by atoms with van der Waals surface area (Å²) in [6, 6.07) is 17.3. The number of hydrogen-bond acceptors (Lipinski definition) is 5. The molecule has 2 aliphatic heterocycles. The molecule has 1 saturated heterocycles. The Balaban J connectivity index is 1.61. The molecular weight excluding hydrogens is 374 g/mol. The second-order valence-electron chi connectivity index (χ2n) is 7.68. The Hall–Kier alpha value is -2.09. The zero-order valence-corrected chi connectivity index (χ0v) is 17.1. The summed E-state index contributed by atoms with van der Waals surface area (Å²) >= 11 is 0. The normalized spacial score (nSPS) is 27.1. The molecule has 0 aliphatic carbocycles. The van der Waals surface area contributed by atoms with Crippen molar-refractivity contribution in [3.63, 3.8) is 0 Å². The first-order valence-corrected chi connectivity index (χ1v) is 11.3. The molecule has 4 rings (SSSR count). The molecule has 1 N–H and O–H groups in total. The third-order valence-electron chi connectivity index (χ3n) is 5.23. The van der Waals surface area contributed by atoms with Crippen LogP contribution < -0.4 is 14.4 Å². The maximum absolute atomic E-state index is 13.4. The third-order valence-corrected chi connectivity index (χ3v) is 7.15. The molecule has 1 fully saturated rings. The first-order valence-electron chi connectivity index (χ1n) is 9.78. The summed E-state index contributed by atoms with van der Waals surface area (Å²) < 4.78 is 34.3. The molecule has 3 atom stereocenters. The van der Waals surface area contributed by atoms with E-state index in [0.717, 1.165) is 13.1 Å². The number of piperazine rings is 1. The van der Waals surface area contributed by atoms with Crippen LogP contribution in [0.25, 0.3) is 0 Å². The van der Waals surface area contributed by atoms with Gasteiger partial charge in [0.05, 0.1) is 11.4 Å².